The summed E-state index contributed by atoms with van der Waals surface area (Å²) in [6.07, 6.45) is 2.49. The molecule has 2 amide bonds. The van der Waals surface area contributed by atoms with Crippen molar-refractivity contribution in [2.24, 2.45) is 0 Å². The number of carbonyl (C=O) groups excluding carboxylic acids is 1. The van der Waals surface area contributed by atoms with E-state index >= 15 is 0 Å². The number of urea groups is 1. The van der Waals surface area contributed by atoms with E-state index in [-0.39, 0.29) is 6.54 Å². The third-order valence-electron chi connectivity index (χ3n) is 2.46. The van der Waals surface area contributed by atoms with Crippen molar-refractivity contribution in [1.82, 2.24) is 15.2 Å². The standard InChI is InChI=1S/C12H15N3O5/c1-15(7-8-3-2-4-13-6-8)12(20)14-9(11(18)19)5-10(16)17/h2-4,6,9H,5,7H2,1H3,(H,14,20)(H,16,17)(H,18,19)/t9-/m0/s1. The fourth-order valence-corrected chi connectivity index (χ4v) is 1.47. The molecule has 0 aliphatic heterocycles. The highest BCUT2D eigenvalue weighted by Gasteiger charge is 2.24. The van der Waals surface area contributed by atoms with Crippen LogP contribution in [0.25, 0.3) is 0 Å². The van der Waals surface area contributed by atoms with Crippen LogP contribution in [0.15, 0.2) is 24.5 Å². The summed E-state index contributed by atoms with van der Waals surface area (Å²) in [5.41, 5.74) is 0.773. The van der Waals surface area contributed by atoms with Crippen molar-refractivity contribution in [2.75, 3.05) is 7.05 Å². The predicted molar refractivity (Wildman–Crippen MR) is 67.9 cm³/mol. The fourth-order valence-electron chi connectivity index (χ4n) is 1.47. The molecule has 1 heterocycles. The average molecular weight is 281 g/mol. The van der Waals surface area contributed by atoms with Crippen molar-refractivity contribution in [2.45, 2.75) is 19.0 Å². The van der Waals surface area contributed by atoms with E-state index in [2.05, 4.69) is 10.3 Å². The number of aromatic nitrogens is 1. The SMILES string of the molecule is CN(Cc1cccnc1)C(=O)N[C@@H](CC(=O)O)C(=O)O. The number of carboxylic acids is 2. The zero-order chi connectivity index (χ0) is 15.1. The maximum absolute atomic E-state index is 11.8. The van der Waals surface area contributed by atoms with E-state index in [0.717, 1.165) is 5.56 Å². The van der Waals surface area contributed by atoms with Gasteiger partial charge in [0, 0.05) is 26.0 Å². The Morgan fingerprint density at radius 2 is 2.10 bits per heavy atom. The van der Waals surface area contributed by atoms with Crippen LogP contribution in [0.2, 0.25) is 0 Å². The van der Waals surface area contributed by atoms with Crippen LogP contribution in [0.3, 0.4) is 0 Å². The van der Waals surface area contributed by atoms with Gasteiger partial charge >= 0.3 is 18.0 Å². The van der Waals surface area contributed by atoms with Crippen LogP contribution in [0.5, 0.6) is 0 Å². The number of carbonyl (C=O) groups is 3. The Morgan fingerprint density at radius 3 is 2.60 bits per heavy atom. The van der Waals surface area contributed by atoms with Crippen LogP contribution >= 0.6 is 0 Å². The number of pyridine rings is 1. The second-order valence-electron chi connectivity index (χ2n) is 4.16. The van der Waals surface area contributed by atoms with Gasteiger partial charge in [-0.05, 0) is 11.6 Å². The minimum atomic E-state index is -1.46. The van der Waals surface area contributed by atoms with E-state index in [1.807, 2.05) is 0 Å². The van der Waals surface area contributed by atoms with Crippen LogP contribution in [0.1, 0.15) is 12.0 Å². The number of rotatable bonds is 6. The number of nitrogens with one attached hydrogen (secondary N) is 1. The Labute approximate surface area is 115 Å². The highest BCUT2D eigenvalue weighted by atomic mass is 16.4. The molecule has 1 aromatic rings. The maximum Gasteiger partial charge on any atom is 0.326 e. The van der Waals surface area contributed by atoms with Crippen LogP contribution < -0.4 is 5.32 Å². The quantitative estimate of drug-likeness (QED) is 0.682. The highest BCUT2D eigenvalue weighted by Crippen LogP contribution is 2.02. The molecule has 3 N–H and O–H groups in total. The molecule has 8 nitrogen and oxygen atoms in total. The summed E-state index contributed by atoms with van der Waals surface area (Å²) in [6, 6.07) is 1.35. The lowest BCUT2D eigenvalue weighted by atomic mass is 10.2. The molecule has 0 radical (unpaired) electrons. The number of hydrogen-bond donors (Lipinski definition) is 3. The number of aliphatic carboxylic acids is 2. The Balaban J connectivity index is 2.59. The minimum absolute atomic E-state index is 0.235. The van der Waals surface area contributed by atoms with Gasteiger partial charge in [0.15, 0.2) is 0 Å². The van der Waals surface area contributed by atoms with Gasteiger partial charge in [-0.15, -0.1) is 0 Å². The minimum Gasteiger partial charge on any atom is -0.481 e. The molecular formula is C12H15N3O5. The van der Waals surface area contributed by atoms with E-state index in [1.54, 1.807) is 24.5 Å². The molecule has 0 saturated carbocycles. The molecular weight excluding hydrogens is 266 g/mol. The summed E-state index contributed by atoms with van der Waals surface area (Å²) in [4.78, 5) is 38.3. The van der Waals surface area contributed by atoms with Crippen molar-refractivity contribution in [1.29, 1.82) is 0 Å². The zero-order valence-electron chi connectivity index (χ0n) is 10.8. The number of nitrogens with zero attached hydrogens (tertiary/aromatic N) is 2. The van der Waals surface area contributed by atoms with Crippen molar-refractivity contribution < 1.29 is 24.6 Å². The molecule has 1 aromatic heterocycles. The summed E-state index contributed by atoms with van der Waals surface area (Å²) in [6.45, 7) is 0.235. The van der Waals surface area contributed by atoms with Crippen LogP contribution in [-0.4, -0.2) is 51.2 Å². The van der Waals surface area contributed by atoms with Gasteiger partial charge in [-0.2, -0.15) is 0 Å². The summed E-state index contributed by atoms with van der Waals surface area (Å²) in [5, 5.41) is 19.6. The van der Waals surface area contributed by atoms with Crippen molar-refractivity contribution in [3.63, 3.8) is 0 Å². The monoisotopic (exact) mass is 281 g/mol. The number of amides is 2. The molecule has 1 atom stereocenters. The Bertz CT molecular complexity index is 491. The van der Waals surface area contributed by atoms with E-state index in [9.17, 15) is 14.4 Å². The Hall–Kier alpha value is -2.64. The van der Waals surface area contributed by atoms with Crippen molar-refractivity contribution >= 4 is 18.0 Å². The zero-order valence-corrected chi connectivity index (χ0v) is 10.8. The molecule has 0 bridgehead atoms. The lowest BCUT2D eigenvalue weighted by Gasteiger charge is -2.20. The normalized spacial score (nSPS) is 11.4. The van der Waals surface area contributed by atoms with Gasteiger partial charge < -0.3 is 20.4 Å². The summed E-state index contributed by atoms with van der Waals surface area (Å²) in [5.74, 6) is -2.69. The molecule has 0 fully saturated rings. The van der Waals surface area contributed by atoms with Gasteiger partial charge in [0.05, 0.1) is 6.42 Å². The first-order chi connectivity index (χ1) is 9.40. The predicted octanol–water partition coefficient (Wildman–Crippen LogP) is 0.151. The molecule has 8 heteroatoms. The lowest BCUT2D eigenvalue weighted by molar-refractivity contribution is -0.145. The topological polar surface area (TPSA) is 120 Å². The molecule has 0 spiro atoms. The van der Waals surface area contributed by atoms with Crippen LogP contribution in [0, 0.1) is 0 Å². The van der Waals surface area contributed by atoms with Gasteiger partial charge in [-0.25, -0.2) is 9.59 Å². The van der Waals surface area contributed by atoms with Gasteiger partial charge in [0.25, 0.3) is 0 Å². The first-order valence-corrected chi connectivity index (χ1v) is 5.75. The molecule has 0 saturated heterocycles. The molecule has 0 aliphatic rings. The molecule has 1 rings (SSSR count). The molecule has 20 heavy (non-hydrogen) atoms. The third kappa shape index (κ3) is 4.92. The average Bonchev–Trinajstić information content (AvgIpc) is 2.38. The van der Waals surface area contributed by atoms with Crippen molar-refractivity contribution in [3.05, 3.63) is 30.1 Å². The first-order valence-electron chi connectivity index (χ1n) is 5.75. The van der Waals surface area contributed by atoms with Crippen LogP contribution in [-0.2, 0) is 16.1 Å². The maximum atomic E-state index is 11.8. The van der Waals surface area contributed by atoms with Gasteiger partial charge in [0.1, 0.15) is 6.04 Å². The van der Waals surface area contributed by atoms with Gasteiger partial charge in [0.2, 0.25) is 0 Å². The Morgan fingerprint density at radius 1 is 1.40 bits per heavy atom. The summed E-state index contributed by atoms with van der Waals surface area (Å²) < 4.78 is 0. The summed E-state index contributed by atoms with van der Waals surface area (Å²) >= 11 is 0. The molecule has 0 aromatic carbocycles. The van der Waals surface area contributed by atoms with Crippen LogP contribution in [0.4, 0.5) is 4.79 Å². The molecule has 108 valence electrons. The van der Waals surface area contributed by atoms with E-state index in [1.165, 1.54) is 11.9 Å². The molecule has 0 unspecified atom stereocenters. The fraction of sp³-hybridized carbons (Fsp3) is 0.333. The number of hydrogen-bond acceptors (Lipinski definition) is 4. The third-order valence-corrected chi connectivity index (χ3v) is 2.46. The van der Waals surface area contributed by atoms with E-state index in [0.29, 0.717) is 0 Å². The Kier molecular flexibility index (Phi) is 5.45. The first kappa shape index (κ1) is 15.4. The lowest BCUT2D eigenvalue weighted by Crippen LogP contribution is -2.47. The number of carboxylic acid groups (broad SMARTS) is 2. The van der Waals surface area contributed by atoms with E-state index in [4.69, 9.17) is 10.2 Å². The smallest absolute Gasteiger partial charge is 0.326 e. The second kappa shape index (κ2) is 7.07. The molecule has 0 aliphatic carbocycles. The van der Waals surface area contributed by atoms with Gasteiger partial charge in [-0.3, -0.25) is 9.78 Å². The largest absolute Gasteiger partial charge is 0.481 e. The second-order valence-corrected chi connectivity index (χ2v) is 4.16. The van der Waals surface area contributed by atoms with Crippen molar-refractivity contribution in [3.8, 4) is 0 Å². The summed E-state index contributed by atoms with van der Waals surface area (Å²) in [7, 11) is 1.47. The van der Waals surface area contributed by atoms with E-state index < -0.39 is 30.4 Å². The highest BCUT2D eigenvalue weighted by molar-refractivity contribution is 5.86. The van der Waals surface area contributed by atoms with Gasteiger partial charge in [-0.1, -0.05) is 6.07 Å².